The number of halogens is 2. The lowest BCUT2D eigenvalue weighted by molar-refractivity contribution is -0.116. The largest absolute Gasteiger partial charge is 0.352 e. The van der Waals surface area contributed by atoms with Crippen molar-refractivity contribution in [3.8, 4) is 5.69 Å². The van der Waals surface area contributed by atoms with Crippen LogP contribution in [0.3, 0.4) is 0 Å². The van der Waals surface area contributed by atoms with Gasteiger partial charge in [0.2, 0.25) is 5.91 Å². The molecular weight excluding hydrogens is 509 g/mol. The van der Waals surface area contributed by atoms with E-state index >= 15 is 0 Å². The third-order valence-electron chi connectivity index (χ3n) is 6.34. The second kappa shape index (κ2) is 10.7. The summed E-state index contributed by atoms with van der Waals surface area (Å²) >= 11 is 11.8. The highest BCUT2D eigenvalue weighted by atomic mass is 35.5. The van der Waals surface area contributed by atoms with Gasteiger partial charge >= 0.3 is 0 Å². The molecule has 2 aromatic carbocycles. The van der Waals surface area contributed by atoms with Crippen LogP contribution in [0.1, 0.15) is 35.5 Å². The van der Waals surface area contributed by atoms with E-state index in [0.29, 0.717) is 11.7 Å². The number of aryl methyl sites for hydroxylation is 1. The van der Waals surface area contributed by atoms with Gasteiger partial charge in [-0.15, -0.1) is 0 Å². The first-order valence-corrected chi connectivity index (χ1v) is 12.7. The summed E-state index contributed by atoms with van der Waals surface area (Å²) in [6.07, 6.45) is 3.89. The Balaban J connectivity index is 1.45. The number of nitrogens with one attached hydrogen (secondary N) is 2. The highest BCUT2D eigenvalue weighted by Crippen LogP contribution is 2.39. The van der Waals surface area contributed by atoms with Crippen LogP contribution < -0.4 is 10.6 Å². The number of carbonyl (C=O) groups is 1. The second-order valence-electron chi connectivity index (χ2n) is 8.89. The lowest BCUT2D eigenvalue weighted by atomic mass is 10.0. The maximum atomic E-state index is 13.9. The summed E-state index contributed by atoms with van der Waals surface area (Å²) in [4.78, 5) is 19.4. The topological polar surface area (TPSA) is 62.2 Å². The summed E-state index contributed by atoms with van der Waals surface area (Å²) in [5, 5.41) is 6.95. The molecule has 0 radical (unpaired) electrons. The third kappa shape index (κ3) is 5.35. The first-order valence-electron chi connectivity index (χ1n) is 11.9. The predicted octanol–water partition coefficient (Wildman–Crippen LogP) is 5.97. The van der Waals surface area contributed by atoms with Crippen molar-refractivity contribution in [2.24, 2.45) is 0 Å². The fourth-order valence-corrected chi connectivity index (χ4v) is 5.15. The van der Waals surface area contributed by atoms with Crippen LogP contribution in [0.25, 0.3) is 5.69 Å². The average Bonchev–Trinajstić information content (AvgIpc) is 3.49. The molecule has 37 heavy (non-hydrogen) atoms. The molecule has 2 aromatic heterocycles. The van der Waals surface area contributed by atoms with Gasteiger partial charge in [0.25, 0.3) is 0 Å². The molecule has 4 aromatic rings. The van der Waals surface area contributed by atoms with Gasteiger partial charge in [-0.2, -0.15) is 0 Å². The molecule has 6 nitrogen and oxygen atoms in total. The summed E-state index contributed by atoms with van der Waals surface area (Å²) in [5.74, 6) is -0.579. The molecule has 1 fully saturated rings. The van der Waals surface area contributed by atoms with Gasteiger partial charge in [0.15, 0.2) is 5.11 Å². The van der Waals surface area contributed by atoms with Crippen molar-refractivity contribution in [3.63, 3.8) is 0 Å². The van der Waals surface area contributed by atoms with E-state index in [1.54, 1.807) is 18.3 Å². The van der Waals surface area contributed by atoms with Crippen molar-refractivity contribution < 1.29 is 9.18 Å². The summed E-state index contributed by atoms with van der Waals surface area (Å²) in [7, 11) is 0. The Hall–Kier alpha value is -3.75. The van der Waals surface area contributed by atoms with E-state index in [2.05, 4.69) is 15.6 Å². The molecule has 5 rings (SSSR count). The van der Waals surface area contributed by atoms with Crippen molar-refractivity contribution >= 4 is 40.5 Å². The molecule has 0 unspecified atom stereocenters. The summed E-state index contributed by atoms with van der Waals surface area (Å²) in [6.45, 7) is 2.38. The van der Waals surface area contributed by atoms with Crippen molar-refractivity contribution in [2.45, 2.75) is 25.4 Å². The van der Waals surface area contributed by atoms with Crippen molar-refractivity contribution in [3.05, 3.63) is 113 Å². The minimum atomic E-state index is -0.476. The van der Waals surface area contributed by atoms with E-state index in [1.165, 1.54) is 6.07 Å². The monoisotopic (exact) mass is 533 g/mol. The first-order chi connectivity index (χ1) is 17.9. The molecule has 1 aliphatic heterocycles. The van der Waals surface area contributed by atoms with E-state index in [-0.39, 0.29) is 29.4 Å². The Labute approximate surface area is 225 Å². The molecule has 2 N–H and O–H groups in total. The SMILES string of the molecule is Cc1cccc(NC(=O)CCN2C(=S)N[C@H](c3ccccn3)[C@H]2c2cccn2-c2ccc(F)c(Cl)c2)c1. The summed E-state index contributed by atoms with van der Waals surface area (Å²) in [6, 6.07) is 21.5. The van der Waals surface area contributed by atoms with Gasteiger partial charge in [-0.25, -0.2) is 4.39 Å². The third-order valence-corrected chi connectivity index (χ3v) is 6.99. The number of anilines is 1. The fourth-order valence-electron chi connectivity index (χ4n) is 4.64. The number of pyridine rings is 1. The zero-order valence-corrected chi connectivity index (χ0v) is 21.6. The number of hydrogen-bond acceptors (Lipinski definition) is 3. The lowest BCUT2D eigenvalue weighted by Crippen LogP contribution is -2.33. The van der Waals surface area contributed by atoms with E-state index in [4.69, 9.17) is 23.8 Å². The van der Waals surface area contributed by atoms with Crippen molar-refractivity contribution in [1.29, 1.82) is 0 Å². The molecule has 1 amide bonds. The van der Waals surface area contributed by atoms with E-state index in [1.807, 2.05) is 77.2 Å². The number of carbonyl (C=O) groups excluding carboxylic acids is 1. The van der Waals surface area contributed by atoms with Crippen molar-refractivity contribution in [2.75, 3.05) is 11.9 Å². The predicted molar refractivity (Wildman–Crippen MR) is 147 cm³/mol. The van der Waals surface area contributed by atoms with Crippen LogP contribution in [0.2, 0.25) is 5.02 Å². The molecule has 0 bridgehead atoms. The number of nitrogens with zero attached hydrogens (tertiary/aromatic N) is 3. The van der Waals surface area contributed by atoms with Gasteiger partial charge in [-0.05, 0) is 79.3 Å². The zero-order valence-electron chi connectivity index (χ0n) is 20.1. The minimum Gasteiger partial charge on any atom is -0.352 e. The van der Waals surface area contributed by atoms with Crippen LogP contribution in [0.15, 0.2) is 85.2 Å². The Kier molecular flexibility index (Phi) is 7.21. The Bertz CT molecular complexity index is 1440. The van der Waals surface area contributed by atoms with Crippen LogP contribution in [0.5, 0.6) is 0 Å². The first kappa shape index (κ1) is 24.9. The maximum Gasteiger partial charge on any atom is 0.226 e. The number of thiocarbonyl (C=S) groups is 1. The Morgan fingerprint density at radius 2 is 2.00 bits per heavy atom. The highest BCUT2D eigenvalue weighted by molar-refractivity contribution is 7.80. The van der Waals surface area contributed by atoms with Gasteiger partial charge in [0, 0.05) is 42.4 Å². The van der Waals surface area contributed by atoms with Crippen LogP contribution in [-0.2, 0) is 4.79 Å². The molecule has 3 heterocycles. The quantitative estimate of drug-likeness (QED) is 0.286. The molecule has 1 aliphatic rings. The standard InChI is InChI=1S/C28H25ClFN5OS/c1-18-6-4-7-19(16-18)32-25(36)12-15-35-27(26(33-28(35)37)23-8-2-3-13-31-23)24-9-5-14-34(24)20-10-11-22(30)21(29)17-20/h2-11,13-14,16-17,26-27H,12,15H2,1H3,(H,32,36)(H,33,37)/t26-,27-/m1/s1. The lowest BCUT2D eigenvalue weighted by Gasteiger charge is -2.29. The molecular formula is C28H25ClFN5OS. The zero-order chi connectivity index (χ0) is 25.9. The molecule has 0 spiro atoms. The van der Waals surface area contributed by atoms with Gasteiger partial charge in [0.1, 0.15) is 5.82 Å². The molecule has 0 aliphatic carbocycles. The van der Waals surface area contributed by atoms with Gasteiger partial charge < -0.3 is 20.1 Å². The summed E-state index contributed by atoms with van der Waals surface area (Å²) < 4.78 is 15.8. The van der Waals surface area contributed by atoms with Crippen LogP contribution >= 0.6 is 23.8 Å². The smallest absolute Gasteiger partial charge is 0.226 e. The molecule has 1 saturated heterocycles. The number of benzene rings is 2. The normalized spacial score (nSPS) is 17.1. The number of amides is 1. The Morgan fingerprint density at radius 1 is 1.14 bits per heavy atom. The Morgan fingerprint density at radius 3 is 2.76 bits per heavy atom. The average molecular weight is 534 g/mol. The van der Waals surface area contributed by atoms with E-state index in [0.717, 1.165) is 28.3 Å². The second-order valence-corrected chi connectivity index (χ2v) is 9.68. The van der Waals surface area contributed by atoms with Gasteiger partial charge in [-0.1, -0.05) is 29.8 Å². The molecule has 188 valence electrons. The molecule has 0 saturated carbocycles. The van der Waals surface area contributed by atoms with Gasteiger partial charge in [-0.3, -0.25) is 9.78 Å². The van der Waals surface area contributed by atoms with E-state index in [9.17, 15) is 9.18 Å². The number of rotatable bonds is 7. The van der Waals surface area contributed by atoms with Crippen LogP contribution in [-0.4, -0.2) is 32.0 Å². The summed E-state index contributed by atoms with van der Waals surface area (Å²) in [5.41, 5.74) is 4.29. The maximum absolute atomic E-state index is 13.9. The van der Waals surface area contributed by atoms with Crippen LogP contribution in [0.4, 0.5) is 10.1 Å². The minimum absolute atomic E-state index is 0.0446. The molecule has 2 atom stereocenters. The highest BCUT2D eigenvalue weighted by Gasteiger charge is 2.41. The van der Waals surface area contributed by atoms with Gasteiger partial charge in [0.05, 0.1) is 22.8 Å². The number of aromatic nitrogens is 2. The fraction of sp³-hybridized carbons (Fsp3) is 0.179. The van der Waals surface area contributed by atoms with Crippen LogP contribution in [0, 0.1) is 12.7 Å². The molecule has 9 heteroatoms. The van der Waals surface area contributed by atoms with Crippen molar-refractivity contribution in [1.82, 2.24) is 19.8 Å². The number of hydrogen-bond donors (Lipinski definition) is 2. The van der Waals surface area contributed by atoms with E-state index < -0.39 is 5.82 Å².